The van der Waals surface area contributed by atoms with Crippen LogP contribution in [-0.4, -0.2) is 0 Å². The van der Waals surface area contributed by atoms with Gasteiger partial charge in [-0.25, -0.2) is 0 Å². The second-order valence-electron chi connectivity index (χ2n) is 5.08. The van der Waals surface area contributed by atoms with Crippen molar-refractivity contribution in [2.45, 2.75) is 20.3 Å². The Hall–Kier alpha value is -1.86. The lowest BCUT2D eigenvalue weighted by Crippen LogP contribution is -1.78. The fourth-order valence-electron chi connectivity index (χ4n) is 2.27. The van der Waals surface area contributed by atoms with E-state index in [1.54, 1.807) is 0 Å². The number of aryl methyl sites for hydroxylation is 2. The molecule has 0 saturated heterocycles. The van der Waals surface area contributed by atoms with Gasteiger partial charge in [0.15, 0.2) is 0 Å². The van der Waals surface area contributed by atoms with Crippen LogP contribution < -0.4 is 0 Å². The molecule has 0 saturated carbocycles. The van der Waals surface area contributed by atoms with Gasteiger partial charge in [-0.1, -0.05) is 61.0 Å². The number of rotatable bonds is 3. The first-order valence-corrected chi connectivity index (χ1v) is 7.84. The Morgan fingerprint density at radius 1 is 0.700 bits per heavy atom. The van der Waals surface area contributed by atoms with Crippen molar-refractivity contribution in [2.24, 2.45) is 0 Å². The molecule has 3 rings (SSSR count). The first-order valence-electron chi connectivity index (χ1n) is 7.02. The van der Waals surface area contributed by atoms with Gasteiger partial charge in [0.25, 0.3) is 0 Å². The maximum atomic E-state index is 2.23. The third kappa shape index (κ3) is 2.68. The zero-order valence-electron chi connectivity index (χ0n) is 11.9. The minimum atomic E-state index is 1.10. The van der Waals surface area contributed by atoms with Crippen LogP contribution in [0.25, 0.3) is 20.9 Å². The van der Waals surface area contributed by atoms with Crippen LogP contribution in [0.4, 0.5) is 0 Å². The highest BCUT2D eigenvalue weighted by molar-refractivity contribution is 7.18. The molecule has 0 bridgehead atoms. The molecule has 0 spiro atoms. The van der Waals surface area contributed by atoms with E-state index in [4.69, 9.17) is 0 Å². The molecule has 1 heterocycles. The van der Waals surface area contributed by atoms with Crippen LogP contribution in [0.1, 0.15) is 18.1 Å². The van der Waals surface area contributed by atoms with Crippen LogP contribution in [0.2, 0.25) is 0 Å². The summed E-state index contributed by atoms with van der Waals surface area (Å²) in [6, 6.07) is 22.1. The summed E-state index contributed by atoms with van der Waals surface area (Å²) in [5.74, 6) is 0. The topological polar surface area (TPSA) is 0 Å². The van der Waals surface area contributed by atoms with E-state index >= 15 is 0 Å². The van der Waals surface area contributed by atoms with Gasteiger partial charge in [0.2, 0.25) is 0 Å². The smallest absolute Gasteiger partial charge is 0.0349 e. The van der Waals surface area contributed by atoms with Crippen LogP contribution in [0.5, 0.6) is 0 Å². The predicted molar refractivity (Wildman–Crippen MR) is 89.3 cm³/mol. The van der Waals surface area contributed by atoms with Crippen molar-refractivity contribution < 1.29 is 0 Å². The molecule has 0 unspecified atom stereocenters. The van der Waals surface area contributed by atoms with Crippen LogP contribution in [0, 0.1) is 6.92 Å². The number of benzene rings is 2. The van der Waals surface area contributed by atoms with Gasteiger partial charge in [-0.3, -0.25) is 0 Å². The molecule has 1 aromatic heterocycles. The van der Waals surface area contributed by atoms with E-state index in [1.807, 2.05) is 11.3 Å². The third-order valence-electron chi connectivity index (χ3n) is 3.59. The van der Waals surface area contributed by atoms with Crippen molar-refractivity contribution in [3.63, 3.8) is 0 Å². The standard InChI is InChI=1S/C19H18S/c1-3-15-6-10-17(11-7-15)19-13-12-18(20-19)16-8-4-14(2)5-9-16/h4-13H,3H2,1-2H3. The molecule has 0 aliphatic carbocycles. The molecule has 0 N–H and O–H groups in total. The van der Waals surface area contributed by atoms with Crippen LogP contribution in [-0.2, 0) is 6.42 Å². The number of hydrogen-bond donors (Lipinski definition) is 0. The molecular formula is C19H18S. The summed E-state index contributed by atoms with van der Waals surface area (Å²) in [5, 5.41) is 0. The predicted octanol–water partition coefficient (Wildman–Crippen LogP) is 5.95. The highest BCUT2D eigenvalue weighted by Gasteiger charge is 2.04. The minimum Gasteiger partial charge on any atom is -0.135 e. The molecule has 0 radical (unpaired) electrons. The molecule has 0 atom stereocenters. The van der Waals surface area contributed by atoms with Crippen molar-refractivity contribution in [1.29, 1.82) is 0 Å². The molecule has 3 aromatic rings. The summed E-state index contributed by atoms with van der Waals surface area (Å²) < 4.78 is 0. The van der Waals surface area contributed by atoms with Crippen molar-refractivity contribution in [1.82, 2.24) is 0 Å². The van der Waals surface area contributed by atoms with E-state index in [-0.39, 0.29) is 0 Å². The molecule has 20 heavy (non-hydrogen) atoms. The van der Waals surface area contributed by atoms with Gasteiger partial charge in [0.1, 0.15) is 0 Å². The molecule has 2 aromatic carbocycles. The summed E-state index contributed by atoms with van der Waals surface area (Å²) in [5.41, 5.74) is 5.31. The average molecular weight is 278 g/mol. The monoisotopic (exact) mass is 278 g/mol. The van der Waals surface area contributed by atoms with Gasteiger partial charge in [0.05, 0.1) is 0 Å². The molecule has 100 valence electrons. The molecule has 0 amide bonds. The second kappa shape index (κ2) is 5.64. The van der Waals surface area contributed by atoms with Gasteiger partial charge >= 0.3 is 0 Å². The van der Waals surface area contributed by atoms with E-state index in [0.717, 1.165) is 6.42 Å². The Bertz CT molecular complexity index is 687. The highest BCUT2D eigenvalue weighted by atomic mass is 32.1. The van der Waals surface area contributed by atoms with Crippen molar-refractivity contribution >= 4 is 11.3 Å². The highest BCUT2D eigenvalue weighted by Crippen LogP contribution is 2.34. The maximum absolute atomic E-state index is 2.23. The lowest BCUT2D eigenvalue weighted by atomic mass is 10.1. The Morgan fingerprint density at radius 3 is 1.70 bits per heavy atom. The molecule has 0 aliphatic rings. The number of hydrogen-bond acceptors (Lipinski definition) is 1. The van der Waals surface area contributed by atoms with Gasteiger partial charge in [-0.05, 0) is 42.2 Å². The Morgan fingerprint density at radius 2 is 1.20 bits per heavy atom. The van der Waals surface area contributed by atoms with Gasteiger partial charge < -0.3 is 0 Å². The Balaban J connectivity index is 1.91. The number of thiophene rings is 1. The average Bonchev–Trinajstić information content (AvgIpc) is 2.98. The largest absolute Gasteiger partial charge is 0.135 e. The lowest BCUT2D eigenvalue weighted by Gasteiger charge is -2.00. The van der Waals surface area contributed by atoms with E-state index < -0.39 is 0 Å². The van der Waals surface area contributed by atoms with Gasteiger partial charge in [-0.15, -0.1) is 11.3 Å². The summed E-state index contributed by atoms with van der Waals surface area (Å²) in [7, 11) is 0. The van der Waals surface area contributed by atoms with E-state index in [9.17, 15) is 0 Å². The fourth-order valence-corrected chi connectivity index (χ4v) is 3.29. The van der Waals surface area contributed by atoms with E-state index in [0.29, 0.717) is 0 Å². The Labute approximate surface area is 124 Å². The molecule has 0 fully saturated rings. The maximum Gasteiger partial charge on any atom is 0.0349 e. The van der Waals surface area contributed by atoms with E-state index in [2.05, 4.69) is 74.5 Å². The minimum absolute atomic E-state index is 1.10. The zero-order valence-corrected chi connectivity index (χ0v) is 12.7. The van der Waals surface area contributed by atoms with Crippen LogP contribution in [0.3, 0.4) is 0 Å². The second-order valence-corrected chi connectivity index (χ2v) is 6.16. The summed E-state index contributed by atoms with van der Waals surface area (Å²) >= 11 is 1.86. The zero-order chi connectivity index (χ0) is 13.9. The summed E-state index contributed by atoms with van der Waals surface area (Å²) in [6.07, 6.45) is 1.10. The van der Waals surface area contributed by atoms with Crippen LogP contribution in [0.15, 0.2) is 60.7 Å². The van der Waals surface area contributed by atoms with Crippen molar-refractivity contribution in [2.75, 3.05) is 0 Å². The quantitative estimate of drug-likeness (QED) is 0.555. The molecule has 0 nitrogen and oxygen atoms in total. The molecule has 1 heteroatoms. The third-order valence-corrected chi connectivity index (χ3v) is 4.77. The first kappa shape index (κ1) is 13.1. The van der Waals surface area contributed by atoms with Crippen molar-refractivity contribution in [3.05, 3.63) is 71.8 Å². The van der Waals surface area contributed by atoms with E-state index in [1.165, 1.54) is 32.0 Å². The molecular weight excluding hydrogens is 260 g/mol. The Kier molecular flexibility index (Phi) is 3.70. The normalized spacial score (nSPS) is 10.7. The molecule has 0 aliphatic heterocycles. The van der Waals surface area contributed by atoms with Gasteiger partial charge in [-0.2, -0.15) is 0 Å². The van der Waals surface area contributed by atoms with Gasteiger partial charge in [0, 0.05) is 9.75 Å². The van der Waals surface area contributed by atoms with Crippen LogP contribution >= 0.6 is 11.3 Å². The summed E-state index contributed by atoms with van der Waals surface area (Å²) in [4.78, 5) is 2.67. The summed E-state index contributed by atoms with van der Waals surface area (Å²) in [6.45, 7) is 4.31. The fraction of sp³-hybridized carbons (Fsp3) is 0.158. The van der Waals surface area contributed by atoms with Crippen molar-refractivity contribution in [3.8, 4) is 20.9 Å². The first-order chi connectivity index (χ1) is 9.76. The lowest BCUT2D eigenvalue weighted by molar-refractivity contribution is 1.14. The SMILES string of the molecule is CCc1ccc(-c2ccc(-c3ccc(C)cc3)s2)cc1.